The molecule has 0 aliphatic rings. The molecule has 2 aromatic rings. The molecular formula is C20H26N2O3S. The summed E-state index contributed by atoms with van der Waals surface area (Å²) in [5.41, 5.74) is 2.76. The van der Waals surface area contributed by atoms with E-state index >= 15 is 0 Å². The smallest absolute Gasteiger partial charge is 0.243 e. The van der Waals surface area contributed by atoms with Crippen molar-refractivity contribution < 1.29 is 13.2 Å². The molecule has 26 heavy (non-hydrogen) atoms. The van der Waals surface area contributed by atoms with Crippen molar-refractivity contribution in [2.24, 2.45) is 0 Å². The summed E-state index contributed by atoms with van der Waals surface area (Å²) in [6.45, 7) is 6.56. The maximum absolute atomic E-state index is 12.5. The Morgan fingerprint density at radius 2 is 1.42 bits per heavy atom. The van der Waals surface area contributed by atoms with Crippen molar-refractivity contribution in [1.29, 1.82) is 0 Å². The second-order valence-electron chi connectivity index (χ2n) is 6.01. The molecule has 1 N–H and O–H groups in total. The van der Waals surface area contributed by atoms with Gasteiger partial charge in [-0.15, -0.1) is 0 Å². The summed E-state index contributed by atoms with van der Waals surface area (Å²) < 4.78 is 26.3. The Morgan fingerprint density at radius 3 is 1.92 bits per heavy atom. The minimum Gasteiger partial charge on any atom is -0.326 e. The van der Waals surface area contributed by atoms with E-state index in [1.54, 1.807) is 12.1 Å². The van der Waals surface area contributed by atoms with Crippen LogP contribution in [0, 0.1) is 0 Å². The lowest BCUT2D eigenvalue weighted by molar-refractivity contribution is -0.115. The molecule has 0 saturated heterocycles. The largest absolute Gasteiger partial charge is 0.326 e. The number of carbonyl (C=O) groups excluding carboxylic acids is 1. The third-order valence-electron chi connectivity index (χ3n) is 4.28. The van der Waals surface area contributed by atoms with Crippen molar-refractivity contribution >= 4 is 21.6 Å². The summed E-state index contributed by atoms with van der Waals surface area (Å²) >= 11 is 0. The van der Waals surface area contributed by atoms with E-state index in [1.165, 1.54) is 22.0 Å². The Kier molecular flexibility index (Phi) is 6.94. The van der Waals surface area contributed by atoms with E-state index in [2.05, 4.69) is 12.2 Å². The van der Waals surface area contributed by atoms with E-state index < -0.39 is 10.0 Å². The number of rotatable bonds is 8. The molecule has 0 bridgehead atoms. The lowest BCUT2D eigenvalue weighted by Gasteiger charge is -2.18. The highest BCUT2D eigenvalue weighted by atomic mass is 32.2. The third kappa shape index (κ3) is 4.93. The Balaban J connectivity index is 2.03. The zero-order valence-electron chi connectivity index (χ0n) is 15.5. The second-order valence-corrected chi connectivity index (χ2v) is 7.95. The van der Waals surface area contributed by atoms with Gasteiger partial charge in [-0.25, -0.2) is 8.42 Å². The number of carbonyl (C=O) groups is 1. The van der Waals surface area contributed by atoms with Crippen LogP contribution in [-0.2, 0) is 27.7 Å². The topological polar surface area (TPSA) is 66.5 Å². The van der Waals surface area contributed by atoms with Gasteiger partial charge in [0.1, 0.15) is 0 Å². The molecule has 1 amide bonds. The number of nitrogens with one attached hydrogen (secondary N) is 1. The molecule has 2 rings (SSSR count). The van der Waals surface area contributed by atoms with Crippen LogP contribution < -0.4 is 5.32 Å². The van der Waals surface area contributed by atoms with Crippen LogP contribution in [0.15, 0.2) is 53.4 Å². The van der Waals surface area contributed by atoms with Gasteiger partial charge in [-0.1, -0.05) is 45.0 Å². The van der Waals surface area contributed by atoms with Gasteiger partial charge < -0.3 is 5.32 Å². The molecule has 0 radical (unpaired) electrons. The van der Waals surface area contributed by atoms with Gasteiger partial charge in [0.25, 0.3) is 0 Å². The van der Waals surface area contributed by atoms with E-state index in [9.17, 15) is 13.2 Å². The number of aryl methyl sites for hydroxylation is 1. The predicted octanol–water partition coefficient (Wildman–Crippen LogP) is 3.46. The van der Waals surface area contributed by atoms with Crippen LogP contribution in [0.4, 0.5) is 5.69 Å². The molecular weight excluding hydrogens is 348 g/mol. The SMILES string of the molecule is CCc1ccc(CC(=O)Nc2ccc(S(=O)(=O)N(CC)CC)cc2)cc1. The molecule has 2 aromatic carbocycles. The second kappa shape index (κ2) is 8.96. The fraction of sp³-hybridized carbons (Fsp3) is 0.350. The molecule has 0 atom stereocenters. The van der Waals surface area contributed by atoms with Crippen molar-refractivity contribution in [2.45, 2.75) is 38.5 Å². The van der Waals surface area contributed by atoms with E-state index in [-0.39, 0.29) is 17.2 Å². The van der Waals surface area contributed by atoms with Crippen LogP contribution in [0.25, 0.3) is 0 Å². The Hall–Kier alpha value is -2.18. The number of hydrogen-bond donors (Lipinski definition) is 1. The first kappa shape index (κ1) is 20.1. The number of nitrogens with zero attached hydrogens (tertiary/aromatic N) is 1. The third-order valence-corrected chi connectivity index (χ3v) is 6.34. The maximum Gasteiger partial charge on any atom is 0.243 e. The Bertz CT molecular complexity index is 824. The van der Waals surface area contributed by atoms with Gasteiger partial charge in [0.2, 0.25) is 15.9 Å². The highest BCUT2D eigenvalue weighted by Gasteiger charge is 2.21. The molecule has 0 aliphatic carbocycles. The van der Waals surface area contributed by atoms with Crippen LogP contribution in [0.1, 0.15) is 31.9 Å². The summed E-state index contributed by atoms with van der Waals surface area (Å²) in [7, 11) is -3.48. The first-order valence-corrected chi connectivity index (χ1v) is 10.3. The number of hydrogen-bond acceptors (Lipinski definition) is 3. The van der Waals surface area contributed by atoms with E-state index in [1.807, 2.05) is 38.1 Å². The number of sulfonamides is 1. The van der Waals surface area contributed by atoms with Crippen LogP contribution in [0.3, 0.4) is 0 Å². The average Bonchev–Trinajstić information content (AvgIpc) is 2.63. The van der Waals surface area contributed by atoms with E-state index in [4.69, 9.17) is 0 Å². The number of anilines is 1. The van der Waals surface area contributed by atoms with Crippen LogP contribution in [0.5, 0.6) is 0 Å². The summed E-state index contributed by atoms with van der Waals surface area (Å²) in [5, 5.41) is 2.81. The lowest BCUT2D eigenvalue weighted by atomic mass is 10.1. The molecule has 6 heteroatoms. The van der Waals surface area contributed by atoms with E-state index in [0.717, 1.165) is 12.0 Å². The zero-order valence-corrected chi connectivity index (χ0v) is 16.3. The molecule has 5 nitrogen and oxygen atoms in total. The van der Waals surface area contributed by atoms with E-state index in [0.29, 0.717) is 18.8 Å². The first-order chi connectivity index (χ1) is 12.4. The standard InChI is InChI=1S/C20H26N2O3S/c1-4-16-7-9-17(10-8-16)15-20(23)21-18-11-13-19(14-12-18)26(24,25)22(5-2)6-3/h7-14H,4-6,15H2,1-3H3,(H,21,23). The molecule has 0 aromatic heterocycles. The zero-order chi connectivity index (χ0) is 19.2. The maximum atomic E-state index is 12.5. The fourth-order valence-corrected chi connectivity index (χ4v) is 4.16. The van der Waals surface area contributed by atoms with Crippen molar-refractivity contribution in [2.75, 3.05) is 18.4 Å². The highest BCUT2D eigenvalue weighted by molar-refractivity contribution is 7.89. The summed E-state index contributed by atoms with van der Waals surface area (Å²) in [6, 6.07) is 14.3. The van der Waals surface area contributed by atoms with Gasteiger partial charge >= 0.3 is 0 Å². The predicted molar refractivity (Wildman–Crippen MR) is 105 cm³/mol. The van der Waals surface area contributed by atoms with Gasteiger partial charge in [-0.05, 0) is 41.8 Å². The normalized spacial score (nSPS) is 11.5. The number of benzene rings is 2. The van der Waals surface area contributed by atoms with Crippen molar-refractivity contribution in [1.82, 2.24) is 4.31 Å². The van der Waals surface area contributed by atoms with Gasteiger partial charge in [-0.2, -0.15) is 4.31 Å². The van der Waals surface area contributed by atoms with Gasteiger partial charge in [0, 0.05) is 18.8 Å². The van der Waals surface area contributed by atoms with Crippen LogP contribution in [0.2, 0.25) is 0 Å². The minimum absolute atomic E-state index is 0.131. The molecule has 140 valence electrons. The monoisotopic (exact) mass is 374 g/mol. The molecule has 0 heterocycles. The minimum atomic E-state index is -3.48. The fourth-order valence-electron chi connectivity index (χ4n) is 2.71. The summed E-state index contributed by atoms with van der Waals surface area (Å²) in [5.74, 6) is -0.131. The van der Waals surface area contributed by atoms with Gasteiger partial charge in [-0.3, -0.25) is 4.79 Å². The molecule has 0 fully saturated rings. The Morgan fingerprint density at radius 1 is 0.885 bits per heavy atom. The molecule has 0 spiro atoms. The summed E-state index contributed by atoms with van der Waals surface area (Å²) in [4.78, 5) is 12.4. The van der Waals surface area contributed by atoms with Crippen LogP contribution in [-0.4, -0.2) is 31.7 Å². The molecule has 0 unspecified atom stereocenters. The quantitative estimate of drug-likeness (QED) is 0.769. The molecule has 0 saturated carbocycles. The molecule has 0 aliphatic heterocycles. The first-order valence-electron chi connectivity index (χ1n) is 8.88. The van der Waals surface area contributed by atoms with Crippen molar-refractivity contribution in [3.05, 3.63) is 59.7 Å². The summed E-state index contributed by atoms with van der Waals surface area (Å²) in [6.07, 6.45) is 1.25. The van der Waals surface area contributed by atoms with Crippen molar-refractivity contribution in [3.63, 3.8) is 0 Å². The highest BCUT2D eigenvalue weighted by Crippen LogP contribution is 2.18. The number of amides is 1. The Labute approximate surface area is 156 Å². The van der Waals surface area contributed by atoms with Crippen LogP contribution >= 0.6 is 0 Å². The average molecular weight is 375 g/mol. The van der Waals surface area contributed by atoms with Gasteiger partial charge in [0.05, 0.1) is 11.3 Å². The van der Waals surface area contributed by atoms with Crippen molar-refractivity contribution in [3.8, 4) is 0 Å². The lowest BCUT2D eigenvalue weighted by Crippen LogP contribution is -2.30. The van der Waals surface area contributed by atoms with Gasteiger partial charge in [0.15, 0.2) is 0 Å².